The molecule has 0 atom stereocenters. The Labute approximate surface area is 181 Å². The van der Waals surface area contributed by atoms with Crippen molar-refractivity contribution in [2.75, 3.05) is 10.6 Å². The van der Waals surface area contributed by atoms with Gasteiger partial charge in [-0.2, -0.15) is 0 Å². The van der Waals surface area contributed by atoms with Gasteiger partial charge in [0, 0.05) is 30.3 Å². The fourth-order valence-electron chi connectivity index (χ4n) is 3.07. The highest BCUT2D eigenvalue weighted by molar-refractivity contribution is 6.04. The Balaban J connectivity index is 1.54. The number of benzene rings is 3. The molecular formula is C25H24N2O4. The van der Waals surface area contributed by atoms with Crippen LogP contribution in [0.3, 0.4) is 0 Å². The Hall–Kier alpha value is -3.93. The van der Waals surface area contributed by atoms with Gasteiger partial charge >= 0.3 is 5.97 Å². The van der Waals surface area contributed by atoms with Crippen molar-refractivity contribution in [3.63, 3.8) is 0 Å². The lowest BCUT2D eigenvalue weighted by atomic mass is 10.0. The van der Waals surface area contributed by atoms with E-state index in [4.69, 9.17) is 4.74 Å². The SMILES string of the molecule is CC(=O)Oc1cccc(C(=O)Nc2ccc(NC(=O)CCc3ccccc3C)cc2)c1. The van der Waals surface area contributed by atoms with Crippen molar-refractivity contribution in [2.45, 2.75) is 26.7 Å². The van der Waals surface area contributed by atoms with Gasteiger partial charge in [0.15, 0.2) is 0 Å². The molecule has 0 bridgehead atoms. The first kappa shape index (κ1) is 21.8. The molecular weight excluding hydrogens is 392 g/mol. The fourth-order valence-corrected chi connectivity index (χ4v) is 3.07. The fraction of sp³-hybridized carbons (Fsp3) is 0.160. The van der Waals surface area contributed by atoms with E-state index in [1.807, 2.05) is 31.2 Å². The molecule has 0 spiro atoms. The molecule has 2 N–H and O–H groups in total. The van der Waals surface area contributed by atoms with E-state index in [0.717, 1.165) is 5.56 Å². The molecule has 0 saturated heterocycles. The van der Waals surface area contributed by atoms with Gasteiger partial charge in [0.25, 0.3) is 5.91 Å². The zero-order chi connectivity index (χ0) is 22.2. The third-order valence-corrected chi connectivity index (χ3v) is 4.67. The summed E-state index contributed by atoms with van der Waals surface area (Å²) in [7, 11) is 0. The topological polar surface area (TPSA) is 84.5 Å². The van der Waals surface area contributed by atoms with E-state index in [-0.39, 0.29) is 11.8 Å². The van der Waals surface area contributed by atoms with Gasteiger partial charge in [-0.1, -0.05) is 30.3 Å². The normalized spacial score (nSPS) is 10.3. The van der Waals surface area contributed by atoms with Gasteiger partial charge in [0.1, 0.15) is 5.75 Å². The summed E-state index contributed by atoms with van der Waals surface area (Å²) in [5.41, 5.74) is 3.94. The predicted octanol–water partition coefficient (Wildman–Crippen LogP) is 4.74. The third kappa shape index (κ3) is 6.54. The second-order valence-electron chi connectivity index (χ2n) is 7.13. The van der Waals surface area contributed by atoms with E-state index in [2.05, 4.69) is 10.6 Å². The van der Waals surface area contributed by atoms with Crippen LogP contribution in [0.15, 0.2) is 72.8 Å². The summed E-state index contributed by atoms with van der Waals surface area (Å²) in [5.74, 6) is -0.538. The van der Waals surface area contributed by atoms with Gasteiger partial charge in [-0.25, -0.2) is 0 Å². The minimum absolute atomic E-state index is 0.0673. The molecule has 0 aliphatic rings. The average Bonchev–Trinajstić information content (AvgIpc) is 2.74. The summed E-state index contributed by atoms with van der Waals surface area (Å²) in [4.78, 5) is 35.7. The minimum atomic E-state index is -0.450. The standard InChI is InChI=1S/C25H24N2O4/c1-17-6-3-4-7-19(17)10-15-24(29)26-21-11-13-22(14-12-21)27-25(30)20-8-5-9-23(16-20)31-18(2)28/h3-9,11-14,16H,10,15H2,1-2H3,(H,26,29)(H,27,30). The molecule has 6 heteroatoms. The molecule has 3 rings (SSSR count). The van der Waals surface area contributed by atoms with Gasteiger partial charge in [-0.05, 0) is 66.9 Å². The molecule has 0 heterocycles. The second kappa shape index (κ2) is 10.2. The van der Waals surface area contributed by atoms with E-state index >= 15 is 0 Å². The molecule has 6 nitrogen and oxygen atoms in total. The van der Waals surface area contributed by atoms with Crippen molar-refractivity contribution in [1.29, 1.82) is 0 Å². The molecule has 0 aromatic heterocycles. The van der Waals surface area contributed by atoms with E-state index < -0.39 is 5.97 Å². The summed E-state index contributed by atoms with van der Waals surface area (Å²) < 4.78 is 5.00. The maximum Gasteiger partial charge on any atom is 0.308 e. The van der Waals surface area contributed by atoms with E-state index in [1.165, 1.54) is 18.6 Å². The van der Waals surface area contributed by atoms with E-state index in [9.17, 15) is 14.4 Å². The van der Waals surface area contributed by atoms with Crippen molar-refractivity contribution in [3.05, 3.63) is 89.5 Å². The van der Waals surface area contributed by atoms with Crippen LogP contribution >= 0.6 is 0 Å². The van der Waals surface area contributed by atoms with Crippen LogP contribution in [-0.2, 0) is 16.0 Å². The Morgan fingerprint density at radius 1 is 0.839 bits per heavy atom. The maximum absolute atomic E-state index is 12.4. The van der Waals surface area contributed by atoms with Gasteiger partial charge in [-0.3, -0.25) is 14.4 Å². The van der Waals surface area contributed by atoms with Crippen LogP contribution in [0.2, 0.25) is 0 Å². The number of hydrogen-bond acceptors (Lipinski definition) is 4. The van der Waals surface area contributed by atoms with Crippen LogP contribution in [0.1, 0.15) is 34.8 Å². The van der Waals surface area contributed by atoms with Crippen LogP contribution in [0.4, 0.5) is 11.4 Å². The molecule has 31 heavy (non-hydrogen) atoms. The summed E-state index contributed by atoms with van der Waals surface area (Å²) >= 11 is 0. The maximum atomic E-state index is 12.4. The van der Waals surface area contributed by atoms with E-state index in [0.29, 0.717) is 35.5 Å². The quantitative estimate of drug-likeness (QED) is 0.430. The smallest absolute Gasteiger partial charge is 0.308 e. The van der Waals surface area contributed by atoms with Crippen molar-refractivity contribution >= 4 is 29.2 Å². The molecule has 2 amide bonds. The molecule has 3 aromatic carbocycles. The van der Waals surface area contributed by atoms with Crippen LogP contribution in [-0.4, -0.2) is 17.8 Å². The number of aryl methyl sites for hydroxylation is 2. The Kier molecular flexibility index (Phi) is 7.17. The van der Waals surface area contributed by atoms with E-state index in [1.54, 1.807) is 42.5 Å². The highest BCUT2D eigenvalue weighted by Crippen LogP contribution is 2.18. The number of hydrogen-bond donors (Lipinski definition) is 2. The average molecular weight is 416 g/mol. The van der Waals surface area contributed by atoms with Gasteiger partial charge in [0.05, 0.1) is 0 Å². The lowest BCUT2D eigenvalue weighted by molar-refractivity contribution is -0.131. The molecule has 0 fully saturated rings. The van der Waals surface area contributed by atoms with Crippen molar-refractivity contribution < 1.29 is 19.1 Å². The van der Waals surface area contributed by atoms with Crippen LogP contribution in [0, 0.1) is 6.92 Å². The lowest BCUT2D eigenvalue weighted by Gasteiger charge is -2.09. The molecule has 0 aliphatic carbocycles. The molecule has 0 unspecified atom stereocenters. The number of anilines is 2. The van der Waals surface area contributed by atoms with Gasteiger partial charge in [-0.15, -0.1) is 0 Å². The zero-order valence-corrected chi connectivity index (χ0v) is 17.5. The Morgan fingerprint density at radius 3 is 2.19 bits per heavy atom. The molecule has 158 valence electrons. The Bertz CT molecular complexity index is 1090. The number of carbonyl (C=O) groups excluding carboxylic acids is 3. The molecule has 0 radical (unpaired) electrons. The highest BCUT2D eigenvalue weighted by Gasteiger charge is 2.09. The van der Waals surface area contributed by atoms with Crippen LogP contribution in [0.5, 0.6) is 5.75 Å². The first-order valence-corrected chi connectivity index (χ1v) is 9.95. The number of ether oxygens (including phenoxy) is 1. The van der Waals surface area contributed by atoms with Crippen LogP contribution < -0.4 is 15.4 Å². The number of carbonyl (C=O) groups is 3. The number of esters is 1. The van der Waals surface area contributed by atoms with Crippen LogP contribution in [0.25, 0.3) is 0 Å². The largest absolute Gasteiger partial charge is 0.427 e. The Morgan fingerprint density at radius 2 is 1.52 bits per heavy atom. The predicted molar refractivity (Wildman–Crippen MR) is 120 cm³/mol. The monoisotopic (exact) mass is 416 g/mol. The summed E-state index contributed by atoms with van der Waals surface area (Å²) in [6.07, 6.45) is 1.07. The lowest BCUT2D eigenvalue weighted by Crippen LogP contribution is -2.14. The molecule has 0 aliphatic heterocycles. The highest BCUT2D eigenvalue weighted by atomic mass is 16.5. The van der Waals surface area contributed by atoms with Gasteiger partial charge in [0.2, 0.25) is 5.91 Å². The first-order chi connectivity index (χ1) is 14.9. The number of rotatable bonds is 7. The number of nitrogens with one attached hydrogen (secondary N) is 2. The summed E-state index contributed by atoms with van der Waals surface area (Å²) in [6.45, 7) is 3.34. The molecule has 3 aromatic rings. The van der Waals surface area contributed by atoms with Crippen molar-refractivity contribution in [1.82, 2.24) is 0 Å². The van der Waals surface area contributed by atoms with Crippen molar-refractivity contribution in [3.8, 4) is 5.75 Å². The van der Waals surface area contributed by atoms with Gasteiger partial charge < -0.3 is 15.4 Å². The number of amides is 2. The second-order valence-corrected chi connectivity index (χ2v) is 7.13. The summed E-state index contributed by atoms with van der Waals surface area (Å²) in [5, 5.41) is 5.65. The molecule has 0 saturated carbocycles. The zero-order valence-electron chi connectivity index (χ0n) is 17.5. The third-order valence-electron chi connectivity index (χ3n) is 4.67. The van der Waals surface area contributed by atoms with Crippen molar-refractivity contribution in [2.24, 2.45) is 0 Å². The minimum Gasteiger partial charge on any atom is -0.427 e. The first-order valence-electron chi connectivity index (χ1n) is 9.95. The summed E-state index contributed by atoms with van der Waals surface area (Å²) in [6, 6.07) is 21.3.